The largest absolute Gasteiger partial charge is 0.317 e. The summed E-state index contributed by atoms with van der Waals surface area (Å²) < 4.78 is 0. The molecule has 0 saturated heterocycles. The Hall–Kier alpha value is -4.62. The molecule has 0 saturated carbocycles. The van der Waals surface area contributed by atoms with Gasteiger partial charge in [-0.05, 0) is 78.4 Å². The molecule has 0 radical (unpaired) electrons. The third-order valence-electron chi connectivity index (χ3n) is 6.22. The topological polar surface area (TPSA) is 3.24 Å². The minimum Gasteiger partial charge on any atom is -0.317 e. The predicted octanol–water partition coefficient (Wildman–Crippen LogP) is 11.4. The molecule has 0 unspecified atom stereocenters. The van der Waals surface area contributed by atoms with Crippen LogP contribution in [0, 0.1) is 0 Å². The molecule has 0 bridgehead atoms. The fourth-order valence-corrected chi connectivity index (χ4v) is 4.24. The van der Waals surface area contributed by atoms with E-state index < -0.39 is 0 Å². The van der Waals surface area contributed by atoms with Gasteiger partial charge in [0.2, 0.25) is 0 Å². The highest BCUT2D eigenvalue weighted by Crippen LogP contribution is 2.29. The quantitative estimate of drug-likeness (QED) is 0.187. The summed E-state index contributed by atoms with van der Waals surface area (Å²) in [5.41, 5.74) is 8.32. The summed E-state index contributed by atoms with van der Waals surface area (Å²) >= 11 is 0. The maximum Gasteiger partial charge on any atom is 0.0455 e. The van der Waals surface area contributed by atoms with Gasteiger partial charge in [-0.2, -0.15) is 0 Å². The molecule has 0 atom stereocenters. The summed E-state index contributed by atoms with van der Waals surface area (Å²) in [6.45, 7) is 8.08. The number of rotatable bonds is 10. The molecule has 202 valence electrons. The van der Waals surface area contributed by atoms with Crippen molar-refractivity contribution < 1.29 is 0 Å². The monoisotopic (exact) mass is 523 g/mol. The highest BCUT2D eigenvalue weighted by Gasteiger charge is 2.07. The van der Waals surface area contributed by atoms with Gasteiger partial charge in [0.15, 0.2) is 0 Å². The molecule has 0 aliphatic rings. The first-order valence-corrected chi connectivity index (χ1v) is 14.2. The first kappa shape index (κ1) is 29.9. The summed E-state index contributed by atoms with van der Waals surface area (Å²) in [5, 5.41) is 0. The van der Waals surface area contributed by atoms with E-state index in [2.05, 4.69) is 164 Å². The molecular weight excluding hydrogens is 482 g/mol. The molecule has 0 heterocycles. The highest BCUT2D eigenvalue weighted by molar-refractivity contribution is 5.76. The zero-order valence-corrected chi connectivity index (χ0v) is 24.2. The van der Waals surface area contributed by atoms with Gasteiger partial charge in [-0.15, -0.1) is 0 Å². The van der Waals surface area contributed by atoms with Crippen LogP contribution < -0.4 is 4.90 Å². The average molecular weight is 524 g/mol. The van der Waals surface area contributed by atoms with E-state index in [0.29, 0.717) is 0 Å². The van der Waals surface area contributed by atoms with Gasteiger partial charge in [-0.25, -0.2) is 0 Å². The van der Waals surface area contributed by atoms with E-state index in [0.717, 1.165) is 17.8 Å². The Morgan fingerprint density at radius 1 is 0.600 bits per heavy atom. The predicted molar refractivity (Wildman–Crippen MR) is 178 cm³/mol. The SMILES string of the molecule is C/C=C\C=C/Cc1ccc(N(/C=C/C=C(\C=C/C)c2ccccc2)c2ccc(-c3ccccc3)cc2)cc1.CC. The zero-order chi connectivity index (χ0) is 28.4. The maximum absolute atomic E-state index is 2.24. The lowest BCUT2D eigenvalue weighted by Crippen LogP contribution is -2.08. The van der Waals surface area contributed by atoms with Gasteiger partial charge >= 0.3 is 0 Å². The summed E-state index contributed by atoms with van der Waals surface area (Å²) in [7, 11) is 0. The van der Waals surface area contributed by atoms with E-state index in [1.165, 1.54) is 27.8 Å². The standard InChI is InChI=1S/C37H35N.C2H6/c1-3-5-6-9-16-31-22-26-36(27-23-31)38(30-14-21-32(15-4-2)33-17-10-7-11-18-33)37-28-24-35(25-29-37)34-19-12-8-13-20-34;1-2/h3-15,17-30H,16H2,1-2H3;1-2H3/b5-3-,9-6-,15-4-,30-14+,32-21+;. The van der Waals surface area contributed by atoms with Crippen molar-refractivity contribution in [2.75, 3.05) is 4.90 Å². The number of nitrogens with zero attached hydrogens (tertiary/aromatic N) is 1. The van der Waals surface area contributed by atoms with Crippen molar-refractivity contribution in [3.05, 3.63) is 175 Å². The molecule has 1 nitrogen and oxygen atoms in total. The third kappa shape index (κ3) is 8.99. The Morgan fingerprint density at radius 3 is 1.77 bits per heavy atom. The number of hydrogen-bond acceptors (Lipinski definition) is 1. The number of benzene rings is 4. The lowest BCUT2D eigenvalue weighted by atomic mass is 10.0. The second-order valence-electron chi connectivity index (χ2n) is 8.94. The normalized spacial score (nSPS) is 11.8. The second-order valence-corrected chi connectivity index (χ2v) is 8.94. The van der Waals surface area contributed by atoms with E-state index in [1.54, 1.807) is 0 Å². The molecule has 0 fully saturated rings. The molecule has 0 N–H and O–H groups in total. The fraction of sp³-hybridized carbons (Fsp3) is 0.128. The average Bonchev–Trinajstić information content (AvgIpc) is 3.03. The van der Waals surface area contributed by atoms with Crippen LogP contribution in [0.4, 0.5) is 11.4 Å². The Morgan fingerprint density at radius 2 is 1.18 bits per heavy atom. The Balaban J connectivity index is 0.00000216. The van der Waals surface area contributed by atoms with Crippen LogP contribution in [0.15, 0.2) is 164 Å². The van der Waals surface area contributed by atoms with Crippen LogP contribution in [0.25, 0.3) is 16.7 Å². The van der Waals surface area contributed by atoms with Gasteiger partial charge < -0.3 is 4.90 Å². The second kappa shape index (κ2) is 17.1. The molecule has 0 spiro atoms. The highest BCUT2D eigenvalue weighted by atomic mass is 15.1. The van der Waals surface area contributed by atoms with Gasteiger partial charge in [-0.1, -0.05) is 141 Å². The van der Waals surface area contributed by atoms with Crippen molar-refractivity contribution >= 4 is 16.9 Å². The van der Waals surface area contributed by atoms with Crippen molar-refractivity contribution in [1.29, 1.82) is 0 Å². The van der Waals surface area contributed by atoms with E-state index in [-0.39, 0.29) is 0 Å². The molecule has 40 heavy (non-hydrogen) atoms. The molecule has 0 aromatic heterocycles. The van der Waals surface area contributed by atoms with Gasteiger partial charge in [0.1, 0.15) is 0 Å². The molecular formula is C39H41N. The van der Waals surface area contributed by atoms with Crippen LogP contribution in [0.2, 0.25) is 0 Å². The van der Waals surface area contributed by atoms with Gasteiger partial charge in [0.05, 0.1) is 0 Å². The van der Waals surface area contributed by atoms with Crippen molar-refractivity contribution in [3.63, 3.8) is 0 Å². The fourth-order valence-electron chi connectivity index (χ4n) is 4.24. The van der Waals surface area contributed by atoms with Crippen LogP contribution in [-0.4, -0.2) is 0 Å². The summed E-state index contributed by atoms with van der Waals surface area (Å²) in [4.78, 5) is 2.24. The van der Waals surface area contributed by atoms with E-state index in [1.807, 2.05) is 32.9 Å². The Kier molecular flexibility index (Phi) is 12.8. The molecule has 4 aromatic carbocycles. The molecule has 0 aliphatic carbocycles. The van der Waals surface area contributed by atoms with Crippen molar-refractivity contribution in [3.8, 4) is 11.1 Å². The maximum atomic E-state index is 2.24. The molecule has 0 aliphatic heterocycles. The van der Waals surface area contributed by atoms with E-state index >= 15 is 0 Å². The van der Waals surface area contributed by atoms with Crippen molar-refractivity contribution in [2.45, 2.75) is 34.1 Å². The van der Waals surface area contributed by atoms with Gasteiger partial charge in [0, 0.05) is 17.6 Å². The van der Waals surface area contributed by atoms with Gasteiger partial charge in [-0.3, -0.25) is 0 Å². The van der Waals surface area contributed by atoms with E-state index in [9.17, 15) is 0 Å². The Labute approximate surface area is 241 Å². The van der Waals surface area contributed by atoms with Crippen molar-refractivity contribution in [1.82, 2.24) is 0 Å². The zero-order valence-electron chi connectivity index (χ0n) is 24.2. The minimum absolute atomic E-state index is 0.915. The van der Waals surface area contributed by atoms with Gasteiger partial charge in [0.25, 0.3) is 0 Å². The lowest BCUT2D eigenvalue weighted by molar-refractivity contribution is 1.24. The Bertz CT molecular complexity index is 1400. The first-order chi connectivity index (χ1) is 19.8. The molecule has 0 amide bonds. The molecule has 4 aromatic rings. The van der Waals surface area contributed by atoms with Crippen LogP contribution in [0.5, 0.6) is 0 Å². The van der Waals surface area contributed by atoms with Crippen LogP contribution >= 0.6 is 0 Å². The number of allylic oxidation sites excluding steroid dienone is 9. The van der Waals surface area contributed by atoms with Crippen LogP contribution in [-0.2, 0) is 6.42 Å². The number of anilines is 2. The van der Waals surface area contributed by atoms with E-state index in [4.69, 9.17) is 0 Å². The first-order valence-electron chi connectivity index (χ1n) is 14.2. The summed E-state index contributed by atoms with van der Waals surface area (Å²) in [6, 6.07) is 38.6. The van der Waals surface area contributed by atoms with Crippen LogP contribution in [0.1, 0.15) is 38.8 Å². The van der Waals surface area contributed by atoms with Crippen molar-refractivity contribution in [2.24, 2.45) is 0 Å². The summed E-state index contributed by atoms with van der Waals surface area (Å²) in [6.07, 6.45) is 20.0. The van der Waals surface area contributed by atoms with Crippen LogP contribution in [0.3, 0.4) is 0 Å². The minimum atomic E-state index is 0.915. The summed E-state index contributed by atoms with van der Waals surface area (Å²) in [5.74, 6) is 0. The molecule has 1 heteroatoms. The number of hydrogen-bond donors (Lipinski definition) is 0. The lowest BCUT2D eigenvalue weighted by Gasteiger charge is -2.21. The molecule has 4 rings (SSSR count). The third-order valence-corrected chi connectivity index (χ3v) is 6.22. The smallest absolute Gasteiger partial charge is 0.0455 e.